The maximum Gasteiger partial charge on any atom is 0.146 e. The van der Waals surface area contributed by atoms with Gasteiger partial charge >= 0.3 is 0 Å². The van der Waals surface area contributed by atoms with Gasteiger partial charge in [0.25, 0.3) is 0 Å². The predicted octanol–water partition coefficient (Wildman–Crippen LogP) is 2.57. The summed E-state index contributed by atoms with van der Waals surface area (Å²) in [5, 5.41) is 11.1. The molecule has 0 bridgehead atoms. The highest BCUT2D eigenvalue weighted by atomic mass is 79.9. The van der Waals surface area contributed by atoms with E-state index >= 15 is 0 Å². The standard InChI is InChI=1S/C12H14BrFN4/c1-8(10-4-3-9(14)5-11(10)13)15-6-12-17-16-7-18(12)2/h3-5,7-8,15H,6H2,1-2H3. The minimum absolute atomic E-state index is 0.0941. The van der Waals surface area contributed by atoms with Crippen LogP contribution in [0.3, 0.4) is 0 Å². The van der Waals surface area contributed by atoms with Crippen molar-refractivity contribution in [2.75, 3.05) is 0 Å². The molecule has 0 aliphatic heterocycles. The second-order valence-corrected chi connectivity index (χ2v) is 4.98. The Hall–Kier alpha value is -1.27. The van der Waals surface area contributed by atoms with Gasteiger partial charge in [-0.1, -0.05) is 22.0 Å². The highest BCUT2D eigenvalue weighted by Crippen LogP contribution is 2.24. The highest BCUT2D eigenvalue weighted by Gasteiger charge is 2.10. The van der Waals surface area contributed by atoms with E-state index in [1.807, 2.05) is 18.5 Å². The monoisotopic (exact) mass is 312 g/mol. The van der Waals surface area contributed by atoms with Crippen LogP contribution >= 0.6 is 15.9 Å². The van der Waals surface area contributed by atoms with Crippen LogP contribution in [-0.4, -0.2) is 14.8 Å². The van der Waals surface area contributed by atoms with Crippen LogP contribution in [0, 0.1) is 5.82 Å². The van der Waals surface area contributed by atoms with Crippen LogP contribution in [0.25, 0.3) is 0 Å². The van der Waals surface area contributed by atoms with Crippen molar-refractivity contribution in [2.45, 2.75) is 19.5 Å². The van der Waals surface area contributed by atoms with E-state index in [2.05, 4.69) is 31.4 Å². The summed E-state index contributed by atoms with van der Waals surface area (Å²) >= 11 is 3.37. The summed E-state index contributed by atoms with van der Waals surface area (Å²) in [5.74, 6) is 0.617. The Kier molecular flexibility index (Phi) is 4.08. The number of nitrogens with one attached hydrogen (secondary N) is 1. The fourth-order valence-electron chi connectivity index (χ4n) is 1.67. The van der Waals surface area contributed by atoms with E-state index in [9.17, 15) is 4.39 Å². The van der Waals surface area contributed by atoms with Gasteiger partial charge in [0.15, 0.2) is 0 Å². The summed E-state index contributed by atoms with van der Waals surface area (Å²) in [6, 6.07) is 4.79. The zero-order valence-corrected chi connectivity index (χ0v) is 11.8. The number of nitrogens with zero attached hydrogens (tertiary/aromatic N) is 3. The third-order valence-corrected chi connectivity index (χ3v) is 3.49. The molecule has 1 aromatic carbocycles. The fourth-order valence-corrected chi connectivity index (χ4v) is 2.37. The van der Waals surface area contributed by atoms with Gasteiger partial charge in [0.1, 0.15) is 18.0 Å². The van der Waals surface area contributed by atoms with Gasteiger partial charge in [-0.2, -0.15) is 0 Å². The number of hydrogen-bond acceptors (Lipinski definition) is 3. The molecule has 2 rings (SSSR count). The number of aryl methyl sites for hydroxylation is 1. The molecule has 1 unspecified atom stereocenters. The van der Waals surface area contributed by atoms with Crippen molar-refractivity contribution in [1.82, 2.24) is 20.1 Å². The van der Waals surface area contributed by atoms with E-state index in [0.717, 1.165) is 15.9 Å². The number of hydrogen-bond donors (Lipinski definition) is 1. The Morgan fingerprint density at radius 1 is 1.50 bits per heavy atom. The van der Waals surface area contributed by atoms with Gasteiger partial charge in [0.05, 0.1) is 6.54 Å². The van der Waals surface area contributed by atoms with Gasteiger partial charge in [-0.15, -0.1) is 10.2 Å². The van der Waals surface area contributed by atoms with Crippen LogP contribution in [-0.2, 0) is 13.6 Å². The van der Waals surface area contributed by atoms with E-state index in [1.54, 1.807) is 12.4 Å². The topological polar surface area (TPSA) is 42.7 Å². The lowest BCUT2D eigenvalue weighted by atomic mass is 10.1. The minimum Gasteiger partial charge on any atom is -0.320 e. The van der Waals surface area contributed by atoms with Gasteiger partial charge < -0.3 is 9.88 Å². The van der Waals surface area contributed by atoms with Crippen molar-refractivity contribution in [1.29, 1.82) is 0 Å². The van der Waals surface area contributed by atoms with Crippen LogP contribution < -0.4 is 5.32 Å². The lowest BCUT2D eigenvalue weighted by Crippen LogP contribution is -2.20. The highest BCUT2D eigenvalue weighted by molar-refractivity contribution is 9.10. The fraction of sp³-hybridized carbons (Fsp3) is 0.333. The number of halogens is 2. The first-order chi connectivity index (χ1) is 8.58. The molecule has 0 amide bonds. The maximum atomic E-state index is 13.0. The predicted molar refractivity (Wildman–Crippen MR) is 70.4 cm³/mol. The molecule has 0 saturated heterocycles. The summed E-state index contributed by atoms with van der Waals surface area (Å²) in [6.45, 7) is 2.63. The molecule has 0 radical (unpaired) electrons. The summed E-state index contributed by atoms with van der Waals surface area (Å²) in [7, 11) is 1.90. The SMILES string of the molecule is CC(NCc1nncn1C)c1ccc(F)cc1Br. The number of aromatic nitrogens is 3. The van der Waals surface area contributed by atoms with E-state index < -0.39 is 0 Å². The van der Waals surface area contributed by atoms with Crippen molar-refractivity contribution in [3.8, 4) is 0 Å². The summed E-state index contributed by atoms with van der Waals surface area (Å²) in [4.78, 5) is 0. The summed E-state index contributed by atoms with van der Waals surface area (Å²) in [5.41, 5.74) is 1.01. The minimum atomic E-state index is -0.244. The molecule has 0 spiro atoms. The Morgan fingerprint density at radius 3 is 2.89 bits per heavy atom. The molecule has 6 heteroatoms. The zero-order valence-electron chi connectivity index (χ0n) is 10.2. The van der Waals surface area contributed by atoms with Gasteiger partial charge in [-0.05, 0) is 24.6 Å². The van der Waals surface area contributed by atoms with Crippen molar-refractivity contribution in [2.24, 2.45) is 7.05 Å². The molecular formula is C12H14BrFN4. The Labute approximate surface area is 113 Å². The molecule has 4 nitrogen and oxygen atoms in total. The van der Waals surface area contributed by atoms with Crippen LogP contribution in [0.2, 0.25) is 0 Å². The smallest absolute Gasteiger partial charge is 0.146 e. The molecule has 2 aromatic rings. The molecule has 0 aliphatic rings. The van der Waals surface area contributed by atoms with E-state index in [0.29, 0.717) is 6.54 Å². The number of benzene rings is 1. The van der Waals surface area contributed by atoms with Crippen molar-refractivity contribution in [3.05, 3.63) is 46.2 Å². The van der Waals surface area contributed by atoms with Crippen LogP contribution in [0.15, 0.2) is 29.0 Å². The molecule has 96 valence electrons. The Bertz CT molecular complexity index is 541. The molecule has 0 fully saturated rings. The first-order valence-electron chi connectivity index (χ1n) is 5.59. The lowest BCUT2D eigenvalue weighted by Gasteiger charge is -2.15. The molecule has 1 heterocycles. The maximum absolute atomic E-state index is 13.0. The Balaban J connectivity index is 2.03. The van der Waals surface area contributed by atoms with Crippen LogP contribution in [0.4, 0.5) is 4.39 Å². The van der Waals surface area contributed by atoms with Gasteiger partial charge in [0, 0.05) is 17.6 Å². The van der Waals surface area contributed by atoms with Gasteiger partial charge in [-0.25, -0.2) is 4.39 Å². The van der Waals surface area contributed by atoms with Gasteiger partial charge in [0.2, 0.25) is 0 Å². The zero-order chi connectivity index (χ0) is 13.1. The van der Waals surface area contributed by atoms with Crippen molar-refractivity contribution >= 4 is 15.9 Å². The molecular weight excluding hydrogens is 299 g/mol. The molecule has 1 atom stereocenters. The molecule has 0 saturated carbocycles. The third kappa shape index (κ3) is 2.94. The van der Waals surface area contributed by atoms with Gasteiger partial charge in [-0.3, -0.25) is 0 Å². The second kappa shape index (κ2) is 5.58. The average Bonchev–Trinajstić information content (AvgIpc) is 2.72. The number of rotatable bonds is 4. The summed E-state index contributed by atoms with van der Waals surface area (Å²) in [6.07, 6.45) is 1.66. The van der Waals surface area contributed by atoms with E-state index in [4.69, 9.17) is 0 Å². The summed E-state index contributed by atoms with van der Waals surface area (Å²) < 4.78 is 15.6. The molecule has 1 N–H and O–H groups in total. The Morgan fingerprint density at radius 2 is 2.28 bits per heavy atom. The first-order valence-corrected chi connectivity index (χ1v) is 6.38. The quantitative estimate of drug-likeness (QED) is 0.943. The van der Waals surface area contributed by atoms with Crippen molar-refractivity contribution < 1.29 is 4.39 Å². The molecule has 0 aliphatic carbocycles. The largest absolute Gasteiger partial charge is 0.320 e. The van der Waals surface area contributed by atoms with Crippen LogP contribution in [0.1, 0.15) is 24.4 Å². The van der Waals surface area contributed by atoms with E-state index in [-0.39, 0.29) is 11.9 Å². The molecule has 18 heavy (non-hydrogen) atoms. The normalized spacial score (nSPS) is 12.7. The first kappa shape index (κ1) is 13.2. The third-order valence-electron chi connectivity index (χ3n) is 2.80. The van der Waals surface area contributed by atoms with E-state index in [1.165, 1.54) is 12.1 Å². The second-order valence-electron chi connectivity index (χ2n) is 4.13. The lowest BCUT2D eigenvalue weighted by molar-refractivity contribution is 0.544. The van der Waals surface area contributed by atoms with Crippen LogP contribution in [0.5, 0.6) is 0 Å². The molecule has 1 aromatic heterocycles. The van der Waals surface area contributed by atoms with Crippen molar-refractivity contribution in [3.63, 3.8) is 0 Å². The average molecular weight is 313 g/mol.